The normalized spacial score (nSPS) is 21.4. The quantitative estimate of drug-likeness (QED) is 0.678. The number of hydrogen-bond donors (Lipinski definition) is 2. The van der Waals surface area contributed by atoms with Crippen molar-refractivity contribution >= 4 is 11.9 Å². The van der Waals surface area contributed by atoms with Crippen LogP contribution in [0.4, 0.5) is 0 Å². The molecule has 0 atom stereocenters. The fourth-order valence-corrected chi connectivity index (χ4v) is 5.69. The maximum absolute atomic E-state index is 12.2. The van der Waals surface area contributed by atoms with Crippen LogP contribution >= 0.6 is 0 Å². The molecule has 0 radical (unpaired) electrons. The van der Waals surface area contributed by atoms with Crippen LogP contribution in [0.25, 0.3) is 0 Å². The van der Waals surface area contributed by atoms with E-state index in [1.807, 2.05) is 0 Å². The molecule has 0 unspecified atom stereocenters. The molecule has 0 bridgehead atoms. The van der Waals surface area contributed by atoms with Crippen LogP contribution < -0.4 is 0 Å². The standard InChI is InChI=1S/C20H32O4/c1-14(17(21)22)20(19(2,3)18(23)24,15-10-6-4-7-11-15)16-12-8-5-9-13-16/h15-16H,1,4-13H2,2-3H3,(H,21,22)(H,23,24). The molecule has 0 aromatic rings. The summed E-state index contributed by atoms with van der Waals surface area (Å²) in [6.45, 7) is 7.42. The zero-order valence-electron chi connectivity index (χ0n) is 15.1. The minimum atomic E-state index is -1.13. The Hall–Kier alpha value is -1.32. The van der Waals surface area contributed by atoms with Gasteiger partial charge in [0.15, 0.2) is 0 Å². The van der Waals surface area contributed by atoms with Gasteiger partial charge in [-0.1, -0.05) is 45.1 Å². The highest BCUT2D eigenvalue weighted by Crippen LogP contribution is 2.61. The molecule has 0 amide bonds. The zero-order chi connectivity index (χ0) is 18.0. The van der Waals surface area contributed by atoms with E-state index in [0.29, 0.717) is 0 Å². The lowest BCUT2D eigenvalue weighted by molar-refractivity contribution is -0.165. The third kappa shape index (κ3) is 3.00. The molecule has 0 aromatic heterocycles. The van der Waals surface area contributed by atoms with E-state index in [4.69, 9.17) is 0 Å². The molecule has 136 valence electrons. The van der Waals surface area contributed by atoms with E-state index in [1.165, 1.54) is 0 Å². The van der Waals surface area contributed by atoms with Crippen molar-refractivity contribution in [1.82, 2.24) is 0 Å². The molecule has 4 heteroatoms. The van der Waals surface area contributed by atoms with E-state index in [0.717, 1.165) is 64.2 Å². The first-order valence-corrected chi connectivity index (χ1v) is 9.42. The highest BCUT2D eigenvalue weighted by molar-refractivity contribution is 5.90. The first kappa shape index (κ1) is 19.0. The summed E-state index contributed by atoms with van der Waals surface area (Å²) >= 11 is 0. The summed E-state index contributed by atoms with van der Waals surface area (Å²) in [6, 6.07) is 0. The highest BCUT2D eigenvalue weighted by atomic mass is 16.4. The first-order chi connectivity index (χ1) is 11.3. The Morgan fingerprint density at radius 3 is 1.50 bits per heavy atom. The maximum Gasteiger partial charge on any atom is 0.331 e. The number of aliphatic carboxylic acids is 2. The summed E-state index contributed by atoms with van der Waals surface area (Å²) in [7, 11) is 0. The molecule has 2 fully saturated rings. The first-order valence-electron chi connectivity index (χ1n) is 9.42. The summed E-state index contributed by atoms with van der Waals surface area (Å²) in [5, 5.41) is 19.9. The van der Waals surface area contributed by atoms with Crippen molar-refractivity contribution in [2.75, 3.05) is 0 Å². The second-order valence-electron chi connectivity index (χ2n) is 8.25. The van der Waals surface area contributed by atoms with Crippen LogP contribution in [0.15, 0.2) is 12.2 Å². The molecule has 2 rings (SSSR count). The van der Waals surface area contributed by atoms with Crippen molar-refractivity contribution < 1.29 is 19.8 Å². The average Bonchev–Trinajstić information content (AvgIpc) is 2.57. The Kier molecular flexibility index (Phi) is 5.77. The van der Waals surface area contributed by atoms with Crippen molar-refractivity contribution in [1.29, 1.82) is 0 Å². The zero-order valence-corrected chi connectivity index (χ0v) is 15.1. The van der Waals surface area contributed by atoms with Crippen molar-refractivity contribution in [3.05, 3.63) is 12.2 Å². The summed E-state index contributed by atoms with van der Waals surface area (Å²) in [5.74, 6) is -1.73. The van der Waals surface area contributed by atoms with Crippen LogP contribution in [0.3, 0.4) is 0 Å². The molecule has 2 saturated carbocycles. The van der Waals surface area contributed by atoms with Crippen molar-refractivity contribution in [2.45, 2.75) is 78.1 Å². The Labute approximate surface area is 145 Å². The number of hydrogen-bond acceptors (Lipinski definition) is 2. The van der Waals surface area contributed by atoms with Crippen LogP contribution in [0, 0.1) is 22.7 Å². The highest BCUT2D eigenvalue weighted by Gasteiger charge is 2.61. The van der Waals surface area contributed by atoms with E-state index >= 15 is 0 Å². The Balaban J connectivity index is 2.63. The minimum absolute atomic E-state index is 0.101. The molecule has 0 spiro atoms. The maximum atomic E-state index is 12.2. The molecule has 0 aromatic carbocycles. The third-order valence-electron chi connectivity index (χ3n) is 6.82. The molecule has 0 heterocycles. The largest absolute Gasteiger partial charge is 0.481 e. The van der Waals surface area contributed by atoms with Gasteiger partial charge in [0.25, 0.3) is 0 Å². The van der Waals surface area contributed by atoms with Gasteiger partial charge in [-0.3, -0.25) is 4.79 Å². The van der Waals surface area contributed by atoms with Gasteiger partial charge >= 0.3 is 11.9 Å². The van der Waals surface area contributed by atoms with Gasteiger partial charge in [-0.2, -0.15) is 0 Å². The van der Waals surface area contributed by atoms with E-state index in [-0.39, 0.29) is 17.4 Å². The molecule has 0 saturated heterocycles. The SMILES string of the molecule is C=C(C(=O)O)C(C1CCCCC1)(C1CCCCC1)C(C)(C)C(=O)O. The molecule has 4 nitrogen and oxygen atoms in total. The summed E-state index contributed by atoms with van der Waals surface area (Å²) < 4.78 is 0. The Bertz CT molecular complexity index is 476. The van der Waals surface area contributed by atoms with Gasteiger partial charge in [0.1, 0.15) is 0 Å². The van der Waals surface area contributed by atoms with Gasteiger partial charge in [0, 0.05) is 11.0 Å². The lowest BCUT2D eigenvalue weighted by atomic mass is 9.46. The Morgan fingerprint density at radius 2 is 1.21 bits per heavy atom. The molecular formula is C20H32O4. The minimum Gasteiger partial charge on any atom is -0.481 e. The van der Waals surface area contributed by atoms with Crippen LogP contribution in [-0.2, 0) is 9.59 Å². The summed E-state index contributed by atoms with van der Waals surface area (Å²) in [5.41, 5.74) is -1.86. The predicted octanol–water partition coefficient (Wildman–Crippen LogP) is 4.89. The third-order valence-corrected chi connectivity index (χ3v) is 6.82. The molecule has 24 heavy (non-hydrogen) atoms. The van der Waals surface area contributed by atoms with Crippen molar-refractivity contribution in [3.63, 3.8) is 0 Å². The van der Waals surface area contributed by atoms with Gasteiger partial charge in [-0.25, -0.2) is 4.79 Å². The fourth-order valence-electron chi connectivity index (χ4n) is 5.69. The van der Waals surface area contributed by atoms with E-state index in [1.54, 1.807) is 13.8 Å². The number of carboxylic acid groups (broad SMARTS) is 2. The van der Waals surface area contributed by atoms with Gasteiger partial charge < -0.3 is 10.2 Å². The van der Waals surface area contributed by atoms with E-state index < -0.39 is 22.8 Å². The second-order valence-corrected chi connectivity index (χ2v) is 8.25. The van der Waals surface area contributed by atoms with Crippen molar-refractivity contribution in [3.8, 4) is 0 Å². The van der Waals surface area contributed by atoms with Crippen molar-refractivity contribution in [2.24, 2.45) is 22.7 Å². The predicted molar refractivity (Wildman–Crippen MR) is 93.8 cm³/mol. The molecule has 2 aliphatic carbocycles. The van der Waals surface area contributed by atoms with E-state index in [9.17, 15) is 19.8 Å². The van der Waals surface area contributed by atoms with Crippen LogP contribution in [-0.4, -0.2) is 22.2 Å². The van der Waals surface area contributed by atoms with Crippen LogP contribution in [0.2, 0.25) is 0 Å². The number of rotatable bonds is 6. The lowest BCUT2D eigenvalue weighted by Gasteiger charge is -2.56. The average molecular weight is 336 g/mol. The van der Waals surface area contributed by atoms with Gasteiger partial charge in [-0.15, -0.1) is 0 Å². The molecule has 2 aliphatic rings. The van der Waals surface area contributed by atoms with Gasteiger partial charge in [0.2, 0.25) is 0 Å². The molecule has 2 N–H and O–H groups in total. The number of carboxylic acids is 2. The van der Waals surface area contributed by atoms with Gasteiger partial charge in [0.05, 0.1) is 5.41 Å². The topological polar surface area (TPSA) is 74.6 Å². The monoisotopic (exact) mass is 336 g/mol. The molecular weight excluding hydrogens is 304 g/mol. The number of carbonyl (C=O) groups is 2. The lowest BCUT2D eigenvalue weighted by Crippen LogP contribution is -2.56. The summed E-state index contributed by atoms with van der Waals surface area (Å²) in [6.07, 6.45) is 10.2. The van der Waals surface area contributed by atoms with Gasteiger partial charge in [-0.05, 0) is 51.4 Å². The summed E-state index contributed by atoms with van der Waals surface area (Å²) in [4.78, 5) is 24.3. The smallest absolute Gasteiger partial charge is 0.331 e. The molecule has 0 aliphatic heterocycles. The Morgan fingerprint density at radius 1 is 0.833 bits per heavy atom. The van der Waals surface area contributed by atoms with E-state index in [2.05, 4.69) is 6.58 Å². The van der Waals surface area contributed by atoms with Crippen LogP contribution in [0.5, 0.6) is 0 Å². The van der Waals surface area contributed by atoms with Crippen LogP contribution in [0.1, 0.15) is 78.1 Å². The fraction of sp³-hybridized carbons (Fsp3) is 0.800. The second kappa shape index (κ2) is 7.28.